The molecule has 0 aliphatic heterocycles. The number of hydrogen-bond acceptors (Lipinski definition) is 8. The lowest BCUT2D eigenvalue weighted by atomic mass is 10.0. The van der Waals surface area contributed by atoms with E-state index in [9.17, 15) is 28.4 Å². The molecule has 1 unspecified atom stereocenters. The zero-order chi connectivity index (χ0) is 26.9. The van der Waals surface area contributed by atoms with Gasteiger partial charge in [0.05, 0.1) is 28.6 Å². The highest BCUT2D eigenvalue weighted by Gasteiger charge is 2.32. The molecule has 0 aliphatic rings. The van der Waals surface area contributed by atoms with E-state index in [2.05, 4.69) is 5.32 Å². The molecule has 0 radical (unpaired) electrons. The maximum Gasteiger partial charge on any atom is 0.407 e. The van der Waals surface area contributed by atoms with Crippen LogP contribution >= 0.6 is 0 Å². The number of amides is 1. The van der Waals surface area contributed by atoms with Gasteiger partial charge in [-0.1, -0.05) is 30.3 Å². The monoisotopic (exact) mass is 523 g/mol. The van der Waals surface area contributed by atoms with Gasteiger partial charge in [-0.3, -0.25) is 10.1 Å². The van der Waals surface area contributed by atoms with E-state index < -0.39 is 38.8 Å². The number of nitrogens with zero attached hydrogens (tertiary/aromatic N) is 2. The Kier molecular flexibility index (Phi) is 10.3. The second kappa shape index (κ2) is 12.8. The summed E-state index contributed by atoms with van der Waals surface area (Å²) in [7, 11) is -2.74. The minimum Gasteiger partial charge on any atom is -0.444 e. The van der Waals surface area contributed by atoms with E-state index in [4.69, 9.17) is 9.47 Å². The number of aliphatic hydroxyl groups is 1. The number of carbonyl (C=O) groups excluding carboxylic acids is 1. The molecule has 11 nitrogen and oxygen atoms in total. The standard InChI is InChI=1S/C24H33N3O8S/c1-24(2,3)35-23(29)25-21(16-18-8-6-5-7-9-18)22(28)17-26(14-15-34-4)36(32,33)20-12-10-19(11-13-20)27(30)31/h5-13,21-22,28H,14-17H2,1-4H3,(H,25,29)/t21-,22?/m0/s1. The number of nitro benzene ring substituents is 1. The minimum atomic E-state index is -4.15. The summed E-state index contributed by atoms with van der Waals surface area (Å²) in [6.07, 6.45) is -1.84. The molecule has 0 saturated carbocycles. The number of non-ortho nitro benzene ring substituents is 1. The number of nitro groups is 1. The molecule has 2 rings (SSSR count). The molecule has 1 amide bonds. The second-order valence-electron chi connectivity index (χ2n) is 9.12. The van der Waals surface area contributed by atoms with E-state index in [1.54, 1.807) is 20.8 Å². The van der Waals surface area contributed by atoms with Crippen LogP contribution in [0.25, 0.3) is 0 Å². The molecule has 12 heteroatoms. The Balaban J connectivity index is 2.31. The van der Waals surface area contributed by atoms with Crippen LogP contribution in [0.4, 0.5) is 10.5 Å². The topological polar surface area (TPSA) is 148 Å². The highest BCUT2D eigenvalue weighted by Crippen LogP contribution is 2.21. The zero-order valence-electron chi connectivity index (χ0n) is 20.8. The fraction of sp³-hybridized carbons (Fsp3) is 0.458. The van der Waals surface area contributed by atoms with E-state index in [0.717, 1.165) is 34.1 Å². The van der Waals surface area contributed by atoms with Crippen LogP contribution in [0.2, 0.25) is 0 Å². The smallest absolute Gasteiger partial charge is 0.407 e. The molecule has 2 aromatic carbocycles. The SMILES string of the molecule is COCCN(CC(O)[C@H](Cc1ccccc1)NC(=O)OC(C)(C)C)S(=O)(=O)c1ccc([N+](=O)[O-])cc1. The van der Waals surface area contributed by atoms with Gasteiger partial charge < -0.3 is 19.9 Å². The number of aliphatic hydroxyl groups excluding tert-OH is 1. The Hall–Kier alpha value is -3.06. The molecule has 0 heterocycles. The van der Waals surface area contributed by atoms with Crippen LogP contribution in [-0.4, -0.2) is 73.4 Å². The Labute approximate surface area is 211 Å². The van der Waals surface area contributed by atoms with Gasteiger partial charge in [-0.05, 0) is 44.9 Å². The zero-order valence-corrected chi connectivity index (χ0v) is 21.6. The summed E-state index contributed by atoms with van der Waals surface area (Å²) in [5.41, 5.74) is -0.197. The van der Waals surface area contributed by atoms with Crippen molar-refractivity contribution in [2.45, 2.75) is 49.8 Å². The molecular weight excluding hydrogens is 490 g/mol. The molecule has 0 aromatic heterocycles. The second-order valence-corrected chi connectivity index (χ2v) is 11.1. The van der Waals surface area contributed by atoms with Gasteiger partial charge in [0.2, 0.25) is 10.0 Å². The summed E-state index contributed by atoms with van der Waals surface area (Å²) in [6.45, 7) is 4.71. The molecule has 36 heavy (non-hydrogen) atoms. The van der Waals surface area contributed by atoms with Crippen molar-refractivity contribution in [2.24, 2.45) is 0 Å². The van der Waals surface area contributed by atoms with Gasteiger partial charge in [-0.2, -0.15) is 4.31 Å². The molecule has 0 aliphatic carbocycles. The minimum absolute atomic E-state index is 0.0434. The summed E-state index contributed by atoms with van der Waals surface area (Å²) in [6, 6.07) is 12.7. The van der Waals surface area contributed by atoms with Crippen molar-refractivity contribution < 1.29 is 32.7 Å². The third-order valence-corrected chi connectivity index (χ3v) is 6.97. The van der Waals surface area contributed by atoms with Crippen molar-refractivity contribution in [3.05, 3.63) is 70.3 Å². The first-order chi connectivity index (χ1) is 16.8. The van der Waals surface area contributed by atoms with Crippen molar-refractivity contribution in [2.75, 3.05) is 26.8 Å². The van der Waals surface area contributed by atoms with E-state index in [0.29, 0.717) is 0 Å². The normalized spacial score (nSPS) is 13.7. The number of alkyl carbamates (subject to hydrolysis) is 1. The van der Waals surface area contributed by atoms with Crippen molar-refractivity contribution in [3.8, 4) is 0 Å². The van der Waals surface area contributed by atoms with Gasteiger partial charge in [0.1, 0.15) is 5.60 Å². The lowest BCUT2D eigenvalue weighted by molar-refractivity contribution is -0.384. The summed E-state index contributed by atoms with van der Waals surface area (Å²) in [5.74, 6) is 0. The Morgan fingerprint density at radius 1 is 1.14 bits per heavy atom. The quantitative estimate of drug-likeness (QED) is 0.319. The van der Waals surface area contributed by atoms with E-state index in [1.165, 1.54) is 7.11 Å². The van der Waals surface area contributed by atoms with Crippen molar-refractivity contribution in [1.82, 2.24) is 9.62 Å². The van der Waals surface area contributed by atoms with Gasteiger partial charge in [0.15, 0.2) is 0 Å². The molecule has 0 saturated heterocycles. The number of rotatable bonds is 12. The molecule has 2 N–H and O–H groups in total. The first-order valence-electron chi connectivity index (χ1n) is 11.3. The van der Waals surface area contributed by atoms with E-state index in [-0.39, 0.29) is 36.7 Å². The van der Waals surface area contributed by atoms with Crippen LogP contribution in [0.1, 0.15) is 26.3 Å². The Bertz CT molecular complexity index is 1100. The van der Waals surface area contributed by atoms with Gasteiger partial charge >= 0.3 is 6.09 Å². The van der Waals surface area contributed by atoms with Crippen LogP contribution in [0, 0.1) is 10.1 Å². The number of methoxy groups -OCH3 is 1. The van der Waals surface area contributed by atoms with Crippen molar-refractivity contribution >= 4 is 21.8 Å². The molecule has 2 atom stereocenters. The molecule has 0 spiro atoms. The van der Waals surface area contributed by atoms with Crippen molar-refractivity contribution in [1.29, 1.82) is 0 Å². The number of hydrogen-bond donors (Lipinski definition) is 2. The fourth-order valence-corrected chi connectivity index (χ4v) is 4.78. The average Bonchev–Trinajstić information content (AvgIpc) is 2.80. The molecule has 2 aromatic rings. The maximum absolute atomic E-state index is 13.3. The highest BCUT2D eigenvalue weighted by molar-refractivity contribution is 7.89. The van der Waals surface area contributed by atoms with Crippen LogP contribution in [0.15, 0.2) is 59.5 Å². The van der Waals surface area contributed by atoms with E-state index in [1.807, 2.05) is 30.3 Å². The van der Waals surface area contributed by atoms with Gasteiger partial charge in [0.25, 0.3) is 5.69 Å². The van der Waals surface area contributed by atoms with Crippen LogP contribution in [0.5, 0.6) is 0 Å². The average molecular weight is 524 g/mol. The number of nitrogens with one attached hydrogen (secondary N) is 1. The first-order valence-corrected chi connectivity index (χ1v) is 12.7. The molecular formula is C24H33N3O8S. The maximum atomic E-state index is 13.3. The summed E-state index contributed by atoms with van der Waals surface area (Å²) in [5, 5.41) is 24.7. The fourth-order valence-electron chi connectivity index (χ4n) is 3.34. The van der Waals surface area contributed by atoms with Crippen LogP contribution < -0.4 is 5.32 Å². The number of ether oxygens (including phenoxy) is 2. The van der Waals surface area contributed by atoms with E-state index >= 15 is 0 Å². The molecule has 198 valence electrons. The first kappa shape index (κ1) is 29.2. The largest absolute Gasteiger partial charge is 0.444 e. The van der Waals surface area contributed by atoms with Gasteiger partial charge in [0, 0.05) is 32.3 Å². The predicted octanol–water partition coefficient (Wildman–Crippen LogP) is 2.73. The number of benzene rings is 2. The van der Waals surface area contributed by atoms with Crippen molar-refractivity contribution in [3.63, 3.8) is 0 Å². The lowest BCUT2D eigenvalue weighted by Crippen LogP contribution is -2.51. The lowest BCUT2D eigenvalue weighted by Gasteiger charge is -2.30. The molecule has 0 fully saturated rings. The van der Waals surface area contributed by atoms with Gasteiger partial charge in [-0.25, -0.2) is 13.2 Å². The number of carbonyl (C=O) groups is 1. The third-order valence-electron chi connectivity index (χ3n) is 5.09. The summed E-state index contributed by atoms with van der Waals surface area (Å²) >= 11 is 0. The van der Waals surface area contributed by atoms with Gasteiger partial charge in [-0.15, -0.1) is 0 Å². The third kappa shape index (κ3) is 8.86. The Morgan fingerprint density at radius 3 is 2.28 bits per heavy atom. The predicted molar refractivity (Wildman–Crippen MR) is 133 cm³/mol. The summed E-state index contributed by atoms with van der Waals surface area (Å²) in [4.78, 5) is 22.6. The summed E-state index contributed by atoms with van der Waals surface area (Å²) < 4.78 is 38.0. The highest BCUT2D eigenvalue weighted by atomic mass is 32.2. The Morgan fingerprint density at radius 2 is 1.75 bits per heavy atom. The number of sulfonamides is 1. The molecule has 0 bridgehead atoms. The van der Waals surface area contributed by atoms with Crippen LogP contribution in [0.3, 0.4) is 0 Å². The van der Waals surface area contributed by atoms with Crippen LogP contribution in [-0.2, 0) is 25.9 Å².